The molecule has 1 amide bonds. The van der Waals surface area contributed by atoms with Gasteiger partial charge in [-0.1, -0.05) is 0 Å². The van der Waals surface area contributed by atoms with E-state index in [1.807, 2.05) is 22.7 Å². The molecule has 1 aromatic rings. The third-order valence-electron chi connectivity index (χ3n) is 3.45. The molecule has 116 valence electrons. The summed E-state index contributed by atoms with van der Waals surface area (Å²) in [7, 11) is 0. The molecule has 0 radical (unpaired) electrons. The molecule has 1 unspecified atom stereocenters. The Balaban J connectivity index is 0.00000180. The maximum Gasteiger partial charge on any atom is 0.222 e. The number of hydrogen-bond donors (Lipinski definition) is 1. The normalized spacial score (nSPS) is 18.1. The topological polar surface area (TPSA) is 64.2 Å². The number of hydrogen-bond acceptors (Lipinski definition) is 3. The third-order valence-corrected chi connectivity index (χ3v) is 3.45. The zero-order valence-corrected chi connectivity index (χ0v) is 13.5. The first-order valence-corrected chi connectivity index (χ1v) is 6.69. The number of piperidine rings is 1. The summed E-state index contributed by atoms with van der Waals surface area (Å²) in [4.78, 5) is 13.9. The Morgan fingerprint density at radius 3 is 2.85 bits per heavy atom. The van der Waals surface area contributed by atoms with Crippen molar-refractivity contribution in [2.24, 2.45) is 5.73 Å². The molecule has 0 aromatic carbocycles. The minimum Gasteiger partial charge on any atom is -0.341 e. The Hall–Kier alpha value is -0.780. The largest absolute Gasteiger partial charge is 0.341 e. The molecular weight excluding hydrogens is 299 g/mol. The smallest absolute Gasteiger partial charge is 0.222 e. The van der Waals surface area contributed by atoms with Gasteiger partial charge in [0.15, 0.2) is 0 Å². The molecule has 2 N–H and O–H groups in total. The van der Waals surface area contributed by atoms with Crippen molar-refractivity contribution in [3.8, 4) is 0 Å². The van der Waals surface area contributed by atoms with E-state index in [2.05, 4.69) is 11.3 Å². The molecular formula is C13H24Cl2N4O. The number of nitrogens with two attached hydrogens (primary N) is 1. The van der Waals surface area contributed by atoms with E-state index in [-0.39, 0.29) is 30.7 Å². The van der Waals surface area contributed by atoms with Gasteiger partial charge in [-0.05, 0) is 38.3 Å². The van der Waals surface area contributed by atoms with Crippen LogP contribution >= 0.6 is 24.8 Å². The maximum atomic E-state index is 12.0. The van der Waals surface area contributed by atoms with Crippen molar-refractivity contribution < 1.29 is 4.79 Å². The molecule has 1 aliphatic rings. The Kier molecular flexibility index (Phi) is 8.85. The highest BCUT2D eigenvalue weighted by Gasteiger charge is 2.24. The van der Waals surface area contributed by atoms with Crippen LogP contribution in [0, 0.1) is 6.92 Å². The number of aromatic nitrogens is 2. The van der Waals surface area contributed by atoms with Crippen LogP contribution in [-0.2, 0) is 4.79 Å². The summed E-state index contributed by atoms with van der Waals surface area (Å²) in [5.41, 5.74) is 6.61. The lowest BCUT2D eigenvalue weighted by molar-refractivity contribution is -0.133. The molecule has 1 fully saturated rings. The van der Waals surface area contributed by atoms with Gasteiger partial charge >= 0.3 is 0 Å². The molecule has 0 spiro atoms. The number of carbonyl (C=O) groups excluding carboxylic acids is 1. The molecule has 2 heterocycles. The van der Waals surface area contributed by atoms with Gasteiger partial charge in [-0.15, -0.1) is 24.8 Å². The molecule has 2 rings (SSSR count). The van der Waals surface area contributed by atoms with Crippen molar-refractivity contribution >= 4 is 30.7 Å². The van der Waals surface area contributed by atoms with E-state index in [0.29, 0.717) is 19.0 Å². The monoisotopic (exact) mass is 322 g/mol. The minimum atomic E-state index is 0. The molecule has 5 nitrogen and oxygen atoms in total. The van der Waals surface area contributed by atoms with E-state index in [4.69, 9.17) is 5.73 Å². The summed E-state index contributed by atoms with van der Waals surface area (Å²) in [5.74, 6) is 0.231. The SMILES string of the molecule is Cc1cnn(C2CCCN(C(=O)CCCN)C2)c1.Cl.Cl. The number of likely N-dealkylation sites (tertiary alicyclic amines) is 1. The van der Waals surface area contributed by atoms with Crippen molar-refractivity contribution in [2.45, 2.75) is 38.6 Å². The van der Waals surface area contributed by atoms with Crippen LogP contribution in [0.1, 0.15) is 37.3 Å². The van der Waals surface area contributed by atoms with Crippen LogP contribution < -0.4 is 5.73 Å². The number of rotatable bonds is 4. The van der Waals surface area contributed by atoms with Crippen molar-refractivity contribution in [1.29, 1.82) is 0 Å². The highest BCUT2D eigenvalue weighted by Crippen LogP contribution is 2.21. The minimum absolute atomic E-state index is 0. The van der Waals surface area contributed by atoms with Gasteiger partial charge in [-0.3, -0.25) is 9.48 Å². The second-order valence-corrected chi connectivity index (χ2v) is 5.03. The molecule has 1 aliphatic heterocycles. The standard InChI is InChI=1S/C13H22N4O.2ClH/c1-11-8-15-17(9-11)12-4-3-7-16(10-12)13(18)5-2-6-14;;/h8-9,12H,2-7,10,14H2,1H3;2*1H. The lowest BCUT2D eigenvalue weighted by Crippen LogP contribution is -2.40. The zero-order valence-electron chi connectivity index (χ0n) is 11.8. The Bertz CT molecular complexity index is 411. The fourth-order valence-electron chi connectivity index (χ4n) is 2.44. The van der Waals surface area contributed by atoms with Gasteiger partial charge in [0.2, 0.25) is 5.91 Å². The van der Waals surface area contributed by atoms with E-state index in [0.717, 1.165) is 32.4 Å². The van der Waals surface area contributed by atoms with Crippen LogP contribution in [0.4, 0.5) is 0 Å². The lowest BCUT2D eigenvalue weighted by atomic mass is 10.1. The van der Waals surface area contributed by atoms with Gasteiger partial charge in [-0.25, -0.2) is 0 Å². The van der Waals surface area contributed by atoms with E-state index in [1.165, 1.54) is 5.56 Å². The van der Waals surface area contributed by atoms with Crippen molar-refractivity contribution in [1.82, 2.24) is 14.7 Å². The fourth-order valence-corrected chi connectivity index (χ4v) is 2.44. The second kappa shape index (κ2) is 9.21. The van der Waals surface area contributed by atoms with Crippen LogP contribution in [-0.4, -0.2) is 40.2 Å². The van der Waals surface area contributed by atoms with Crippen LogP contribution in [0.5, 0.6) is 0 Å². The summed E-state index contributed by atoms with van der Waals surface area (Å²) in [6, 6.07) is 0.328. The Morgan fingerprint density at radius 2 is 2.25 bits per heavy atom. The molecule has 7 heteroatoms. The van der Waals surface area contributed by atoms with Crippen molar-refractivity contribution in [3.05, 3.63) is 18.0 Å². The first kappa shape index (κ1) is 19.2. The summed E-state index contributed by atoms with van der Waals surface area (Å²) in [6.07, 6.45) is 7.43. The number of carbonyl (C=O) groups is 1. The van der Waals surface area contributed by atoms with Crippen LogP contribution in [0.15, 0.2) is 12.4 Å². The molecule has 0 saturated carbocycles. The maximum absolute atomic E-state index is 12.0. The molecule has 0 bridgehead atoms. The van der Waals surface area contributed by atoms with Crippen LogP contribution in [0.3, 0.4) is 0 Å². The van der Waals surface area contributed by atoms with E-state index < -0.39 is 0 Å². The molecule has 1 aromatic heterocycles. The third kappa shape index (κ3) is 4.96. The zero-order chi connectivity index (χ0) is 13.0. The molecule has 20 heavy (non-hydrogen) atoms. The highest BCUT2D eigenvalue weighted by atomic mass is 35.5. The van der Waals surface area contributed by atoms with Gasteiger partial charge < -0.3 is 10.6 Å². The fraction of sp³-hybridized carbons (Fsp3) is 0.692. The predicted molar refractivity (Wildman–Crippen MR) is 84.6 cm³/mol. The van der Waals surface area contributed by atoms with Gasteiger partial charge in [-0.2, -0.15) is 5.10 Å². The quantitative estimate of drug-likeness (QED) is 0.921. The summed E-state index contributed by atoms with van der Waals surface area (Å²) in [5, 5.41) is 4.35. The summed E-state index contributed by atoms with van der Waals surface area (Å²) < 4.78 is 2.00. The van der Waals surface area contributed by atoms with E-state index in [9.17, 15) is 4.79 Å². The van der Waals surface area contributed by atoms with Crippen molar-refractivity contribution in [2.75, 3.05) is 19.6 Å². The number of amides is 1. The van der Waals surface area contributed by atoms with Gasteiger partial charge in [0.25, 0.3) is 0 Å². The summed E-state index contributed by atoms with van der Waals surface area (Å²) >= 11 is 0. The molecule has 1 atom stereocenters. The van der Waals surface area contributed by atoms with Gasteiger partial charge in [0.1, 0.15) is 0 Å². The first-order valence-electron chi connectivity index (χ1n) is 6.69. The highest BCUT2D eigenvalue weighted by molar-refractivity contribution is 5.85. The van der Waals surface area contributed by atoms with E-state index >= 15 is 0 Å². The number of halogens is 2. The van der Waals surface area contributed by atoms with Gasteiger partial charge in [0, 0.05) is 25.7 Å². The first-order chi connectivity index (χ1) is 8.70. The Morgan fingerprint density at radius 1 is 1.50 bits per heavy atom. The molecule has 1 saturated heterocycles. The predicted octanol–water partition coefficient (Wildman–Crippen LogP) is 1.94. The van der Waals surface area contributed by atoms with E-state index in [1.54, 1.807) is 0 Å². The average molecular weight is 323 g/mol. The second-order valence-electron chi connectivity index (χ2n) is 5.03. The lowest BCUT2D eigenvalue weighted by Gasteiger charge is -2.33. The number of nitrogens with zero attached hydrogens (tertiary/aromatic N) is 3. The average Bonchev–Trinajstić information content (AvgIpc) is 2.83. The summed E-state index contributed by atoms with van der Waals surface area (Å²) in [6.45, 7) is 4.28. The van der Waals surface area contributed by atoms with Gasteiger partial charge in [0.05, 0.1) is 12.2 Å². The number of aryl methyl sites for hydroxylation is 1. The van der Waals surface area contributed by atoms with Crippen molar-refractivity contribution in [3.63, 3.8) is 0 Å². The van der Waals surface area contributed by atoms with Crippen LogP contribution in [0.25, 0.3) is 0 Å². The van der Waals surface area contributed by atoms with Crippen LogP contribution in [0.2, 0.25) is 0 Å². The Labute approximate surface area is 132 Å². The molecule has 0 aliphatic carbocycles.